The van der Waals surface area contributed by atoms with Crippen molar-refractivity contribution in [2.75, 3.05) is 21.3 Å². The lowest BCUT2D eigenvalue weighted by Gasteiger charge is -2.13. The summed E-state index contributed by atoms with van der Waals surface area (Å²) in [6, 6.07) is 9.05. The van der Waals surface area contributed by atoms with Crippen molar-refractivity contribution in [2.24, 2.45) is 0 Å². The van der Waals surface area contributed by atoms with Gasteiger partial charge in [0.2, 0.25) is 5.89 Å². The zero-order valence-corrected chi connectivity index (χ0v) is 16.9. The van der Waals surface area contributed by atoms with E-state index in [-0.39, 0.29) is 4.84 Å². The van der Waals surface area contributed by atoms with Gasteiger partial charge in [0, 0.05) is 5.56 Å². The number of methoxy groups -OCH3 is 2. The van der Waals surface area contributed by atoms with E-state index < -0.39 is 5.97 Å². The molecule has 148 valence electrons. The fourth-order valence-electron chi connectivity index (χ4n) is 2.72. The zero-order valence-electron chi connectivity index (χ0n) is 16.1. The molecule has 0 aliphatic rings. The largest absolute Gasteiger partial charge is 0.497 e. The third-order valence-electron chi connectivity index (χ3n) is 4.12. The first-order chi connectivity index (χ1) is 13.4. The SMILES string of the molecule is COC(=O)c1cc(CN(C)Cn2nc(-c3ccc(OC)cc3)oc2=S)oc1C. The quantitative estimate of drug-likeness (QED) is 0.437. The van der Waals surface area contributed by atoms with Gasteiger partial charge in [0.25, 0.3) is 4.84 Å². The molecule has 2 heterocycles. The van der Waals surface area contributed by atoms with Crippen molar-refractivity contribution in [3.05, 3.63) is 52.3 Å². The fourth-order valence-corrected chi connectivity index (χ4v) is 2.90. The Labute approximate surface area is 167 Å². The number of carbonyl (C=O) groups excluding carboxylic acids is 1. The first kappa shape index (κ1) is 19.8. The molecule has 0 aliphatic heterocycles. The van der Waals surface area contributed by atoms with Gasteiger partial charge in [-0.15, -0.1) is 5.10 Å². The van der Waals surface area contributed by atoms with E-state index in [1.807, 2.05) is 36.2 Å². The summed E-state index contributed by atoms with van der Waals surface area (Å²) < 4.78 is 22.7. The Morgan fingerprint density at radius 3 is 2.61 bits per heavy atom. The Hall–Kier alpha value is -2.91. The Balaban J connectivity index is 1.70. The van der Waals surface area contributed by atoms with Gasteiger partial charge in [-0.05, 0) is 56.5 Å². The number of hydrogen-bond donors (Lipinski definition) is 0. The zero-order chi connectivity index (χ0) is 20.3. The van der Waals surface area contributed by atoms with Crippen molar-refractivity contribution in [1.82, 2.24) is 14.7 Å². The smallest absolute Gasteiger partial charge is 0.341 e. The first-order valence-electron chi connectivity index (χ1n) is 8.49. The molecule has 0 bridgehead atoms. The molecule has 0 saturated carbocycles. The van der Waals surface area contributed by atoms with Crippen molar-refractivity contribution >= 4 is 18.2 Å². The van der Waals surface area contributed by atoms with Crippen LogP contribution in [-0.2, 0) is 18.0 Å². The lowest BCUT2D eigenvalue weighted by molar-refractivity contribution is 0.0599. The maximum absolute atomic E-state index is 11.7. The summed E-state index contributed by atoms with van der Waals surface area (Å²) in [5.74, 6) is 1.93. The average molecular weight is 403 g/mol. The Morgan fingerprint density at radius 2 is 1.96 bits per heavy atom. The molecule has 9 heteroatoms. The van der Waals surface area contributed by atoms with Crippen molar-refractivity contribution in [2.45, 2.75) is 20.1 Å². The lowest BCUT2D eigenvalue weighted by atomic mass is 10.2. The van der Waals surface area contributed by atoms with Gasteiger partial charge < -0.3 is 18.3 Å². The van der Waals surface area contributed by atoms with Gasteiger partial charge in [-0.2, -0.15) is 0 Å². The second kappa shape index (κ2) is 8.41. The van der Waals surface area contributed by atoms with E-state index in [0.29, 0.717) is 36.2 Å². The number of hydrogen-bond acceptors (Lipinski definition) is 8. The number of benzene rings is 1. The maximum Gasteiger partial charge on any atom is 0.341 e. The summed E-state index contributed by atoms with van der Waals surface area (Å²) in [4.78, 5) is 13.9. The van der Waals surface area contributed by atoms with Crippen LogP contribution in [-0.4, -0.2) is 41.9 Å². The number of esters is 1. The summed E-state index contributed by atoms with van der Waals surface area (Å²) in [6.07, 6.45) is 0. The molecule has 0 spiro atoms. The number of nitrogens with zero attached hydrogens (tertiary/aromatic N) is 3. The van der Waals surface area contributed by atoms with Crippen LogP contribution in [0.3, 0.4) is 0 Å². The minimum Gasteiger partial charge on any atom is -0.497 e. The Morgan fingerprint density at radius 1 is 1.25 bits per heavy atom. The molecule has 0 aliphatic carbocycles. The number of ether oxygens (including phenoxy) is 2. The predicted molar refractivity (Wildman–Crippen MR) is 104 cm³/mol. The van der Waals surface area contributed by atoms with Crippen molar-refractivity contribution in [3.8, 4) is 17.2 Å². The number of aryl methyl sites for hydroxylation is 1. The molecule has 3 aromatic rings. The molecular formula is C19H21N3O5S. The molecule has 28 heavy (non-hydrogen) atoms. The standard InChI is InChI=1S/C19H21N3O5S/c1-12-16(18(23)25-4)9-15(26-12)10-21(2)11-22-19(28)27-17(20-22)13-5-7-14(24-3)8-6-13/h5-9H,10-11H2,1-4H3. The normalized spacial score (nSPS) is 11.0. The molecule has 0 radical (unpaired) electrons. The predicted octanol–water partition coefficient (Wildman–Crippen LogP) is 3.66. The summed E-state index contributed by atoms with van der Waals surface area (Å²) >= 11 is 5.28. The van der Waals surface area contributed by atoms with E-state index in [0.717, 1.165) is 11.3 Å². The Bertz CT molecular complexity index is 1020. The molecule has 2 aromatic heterocycles. The van der Waals surface area contributed by atoms with Crippen LogP contribution < -0.4 is 4.74 Å². The highest BCUT2D eigenvalue weighted by atomic mass is 32.1. The maximum atomic E-state index is 11.7. The van der Waals surface area contributed by atoms with Gasteiger partial charge in [-0.25, -0.2) is 9.48 Å². The number of rotatable bonds is 7. The highest BCUT2D eigenvalue weighted by molar-refractivity contribution is 7.71. The number of carbonyl (C=O) groups is 1. The van der Waals surface area contributed by atoms with Crippen LogP contribution >= 0.6 is 12.2 Å². The monoisotopic (exact) mass is 403 g/mol. The molecule has 0 atom stereocenters. The van der Waals surface area contributed by atoms with Crippen molar-refractivity contribution in [1.29, 1.82) is 0 Å². The minimum atomic E-state index is -0.419. The van der Waals surface area contributed by atoms with Crippen LogP contribution in [0.1, 0.15) is 21.9 Å². The van der Waals surface area contributed by atoms with E-state index >= 15 is 0 Å². The second-order valence-corrected chi connectivity index (χ2v) is 6.58. The fraction of sp³-hybridized carbons (Fsp3) is 0.316. The molecule has 0 saturated heterocycles. The van der Waals surface area contributed by atoms with Gasteiger partial charge in [-0.1, -0.05) is 0 Å². The van der Waals surface area contributed by atoms with E-state index in [1.54, 1.807) is 24.8 Å². The molecule has 1 aromatic carbocycles. The van der Waals surface area contributed by atoms with E-state index in [1.165, 1.54) is 7.11 Å². The van der Waals surface area contributed by atoms with Crippen LogP contribution in [0.5, 0.6) is 5.75 Å². The van der Waals surface area contributed by atoms with Crippen LogP contribution in [0.2, 0.25) is 0 Å². The van der Waals surface area contributed by atoms with E-state index in [4.69, 9.17) is 30.5 Å². The molecule has 0 fully saturated rings. The summed E-state index contributed by atoms with van der Waals surface area (Å²) in [5.41, 5.74) is 1.23. The van der Waals surface area contributed by atoms with Crippen LogP contribution in [0.15, 0.2) is 39.2 Å². The highest BCUT2D eigenvalue weighted by Crippen LogP contribution is 2.22. The topological polar surface area (TPSA) is 82.9 Å². The summed E-state index contributed by atoms with van der Waals surface area (Å²) in [6.45, 7) is 2.58. The van der Waals surface area contributed by atoms with Gasteiger partial charge in [0.05, 0.1) is 27.4 Å². The molecule has 8 nitrogen and oxygen atoms in total. The third-order valence-corrected chi connectivity index (χ3v) is 4.41. The third kappa shape index (κ3) is 4.32. The molecular weight excluding hydrogens is 382 g/mol. The van der Waals surface area contributed by atoms with Gasteiger partial charge in [0.15, 0.2) is 0 Å². The van der Waals surface area contributed by atoms with Gasteiger partial charge in [0.1, 0.15) is 22.8 Å². The Kier molecular flexibility index (Phi) is 5.96. The lowest BCUT2D eigenvalue weighted by Crippen LogP contribution is -2.22. The number of aromatic nitrogens is 2. The van der Waals surface area contributed by atoms with Crippen LogP contribution in [0.4, 0.5) is 0 Å². The molecule has 0 N–H and O–H groups in total. The van der Waals surface area contributed by atoms with E-state index in [2.05, 4.69) is 5.10 Å². The number of furan rings is 1. The van der Waals surface area contributed by atoms with Gasteiger partial charge >= 0.3 is 5.97 Å². The van der Waals surface area contributed by atoms with Crippen molar-refractivity contribution in [3.63, 3.8) is 0 Å². The highest BCUT2D eigenvalue weighted by Gasteiger charge is 2.17. The average Bonchev–Trinajstić information content (AvgIpc) is 3.23. The van der Waals surface area contributed by atoms with Gasteiger partial charge in [-0.3, -0.25) is 4.90 Å². The molecule has 0 unspecified atom stereocenters. The molecule has 0 amide bonds. The summed E-state index contributed by atoms with van der Waals surface area (Å²) in [7, 11) is 4.84. The molecule has 3 rings (SSSR count). The van der Waals surface area contributed by atoms with Crippen LogP contribution in [0, 0.1) is 11.8 Å². The summed E-state index contributed by atoms with van der Waals surface area (Å²) in [5, 5.41) is 4.44. The van der Waals surface area contributed by atoms with Crippen molar-refractivity contribution < 1.29 is 23.1 Å². The minimum absolute atomic E-state index is 0.267. The van der Waals surface area contributed by atoms with E-state index in [9.17, 15) is 4.79 Å². The first-order valence-corrected chi connectivity index (χ1v) is 8.90. The second-order valence-electron chi connectivity index (χ2n) is 6.23. The van der Waals surface area contributed by atoms with Crippen LogP contribution in [0.25, 0.3) is 11.5 Å².